The summed E-state index contributed by atoms with van der Waals surface area (Å²) in [5.74, 6) is 1.72. The number of carbonyl (C=O) groups is 1. The summed E-state index contributed by atoms with van der Waals surface area (Å²) < 4.78 is 0. The molecule has 3 aromatic rings. The monoisotopic (exact) mass is 540 g/mol. The lowest BCUT2D eigenvalue weighted by Crippen LogP contribution is -2.39. The van der Waals surface area contributed by atoms with Crippen molar-refractivity contribution in [2.45, 2.75) is 38.0 Å². The van der Waals surface area contributed by atoms with Crippen LogP contribution in [0.3, 0.4) is 0 Å². The summed E-state index contributed by atoms with van der Waals surface area (Å²) in [6.45, 7) is 4.95. The van der Waals surface area contributed by atoms with Crippen LogP contribution in [0.4, 0.5) is 0 Å². The zero-order valence-corrected chi connectivity index (χ0v) is 22.9. The molecule has 1 amide bonds. The molecule has 0 bridgehead atoms. The van der Waals surface area contributed by atoms with Gasteiger partial charge in [0.25, 0.3) is 5.91 Å². The van der Waals surface area contributed by atoms with Crippen LogP contribution >= 0.6 is 34.5 Å². The van der Waals surface area contributed by atoms with Crippen molar-refractivity contribution >= 4 is 40.4 Å². The number of benzene rings is 2. The molecular formula is C30H34Cl2N2OS. The van der Waals surface area contributed by atoms with E-state index >= 15 is 0 Å². The summed E-state index contributed by atoms with van der Waals surface area (Å²) in [6.07, 6.45) is 6.38. The average molecular weight is 542 g/mol. The summed E-state index contributed by atoms with van der Waals surface area (Å²) in [5.41, 5.74) is 3.44. The summed E-state index contributed by atoms with van der Waals surface area (Å²) in [7, 11) is 0. The van der Waals surface area contributed by atoms with Gasteiger partial charge in [-0.25, -0.2) is 0 Å². The summed E-state index contributed by atoms with van der Waals surface area (Å²) in [5, 5.41) is 5.31. The quantitative estimate of drug-likeness (QED) is 0.293. The predicted octanol–water partition coefficient (Wildman–Crippen LogP) is 7.65. The third-order valence-corrected chi connectivity index (χ3v) is 9.43. The maximum absolute atomic E-state index is 13.3. The minimum absolute atomic E-state index is 0.0495. The van der Waals surface area contributed by atoms with Crippen LogP contribution in [0, 0.1) is 11.8 Å². The molecule has 0 N–H and O–H groups in total. The molecular weight excluding hydrogens is 507 g/mol. The van der Waals surface area contributed by atoms with Crippen molar-refractivity contribution in [2.75, 3.05) is 32.7 Å². The van der Waals surface area contributed by atoms with E-state index in [1.807, 2.05) is 4.90 Å². The zero-order chi connectivity index (χ0) is 24.9. The van der Waals surface area contributed by atoms with Crippen molar-refractivity contribution in [3.05, 3.63) is 92.1 Å². The van der Waals surface area contributed by atoms with E-state index in [0.29, 0.717) is 27.4 Å². The van der Waals surface area contributed by atoms with E-state index in [1.54, 1.807) is 29.5 Å². The third kappa shape index (κ3) is 6.34. The number of nitrogens with zero attached hydrogens (tertiary/aromatic N) is 2. The second kappa shape index (κ2) is 12.1. The standard InChI is InChI=1S/C30H34Cl2N2OS/c31-28-10-9-24(17-29(28)32)30(35)34-19-26(27(20-34)25-13-16-36-21-25)18-33-14-11-23(12-15-33)8-4-7-22-5-2-1-3-6-22/h1-3,5-6,9-10,13,16-17,21,23,26-27H,4,7-8,11-12,14-15,18-20H2. The lowest BCUT2D eigenvalue weighted by atomic mass is 9.87. The molecule has 0 saturated carbocycles. The van der Waals surface area contributed by atoms with Crippen molar-refractivity contribution in [2.24, 2.45) is 11.8 Å². The molecule has 3 nitrogen and oxygen atoms in total. The highest BCUT2D eigenvalue weighted by molar-refractivity contribution is 7.08. The number of thiophene rings is 1. The fourth-order valence-corrected chi connectivity index (χ4v) is 6.95. The number of hydrogen-bond acceptors (Lipinski definition) is 3. The summed E-state index contributed by atoms with van der Waals surface area (Å²) in [6, 6.07) is 18.3. The molecule has 2 saturated heterocycles. The Bertz CT molecular complexity index is 1130. The van der Waals surface area contributed by atoms with Crippen LogP contribution in [-0.4, -0.2) is 48.4 Å². The molecule has 2 fully saturated rings. The number of likely N-dealkylation sites (tertiary alicyclic amines) is 2. The maximum Gasteiger partial charge on any atom is 0.253 e. The predicted molar refractivity (Wildman–Crippen MR) is 151 cm³/mol. The van der Waals surface area contributed by atoms with Crippen LogP contribution in [0.15, 0.2) is 65.4 Å². The second-order valence-electron chi connectivity index (χ2n) is 10.4. The van der Waals surface area contributed by atoms with Gasteiger partial charge in [0.05, 0.1) is 10.0 Å². The average Bonchev–Trinajstić information content (AvgIpc) is 3.57. The lowest BCUT2D eigenvalue weighted by molar-refractivity contribution is 0.0780. The van der Waals surface area contributed by atoms with Gasteiger partial charge in [0.1, 0.15) is 0 Å². The molecule has 190 valence electrons. The lowest BCUT2D eigenvalue weighted by Gasteiger charge is -2.34. The third-order valence-electron chi connectivity index (χ3n) is 7.99. The van der Waals surface area contributed by atoms with E-state index in [4.69, 9.17) is 23.2 Å². The molecule has 6 heteroatoms. The van der Waals surface area contributed by atoms with Gasteiger partial charge < -0.3 is 9.80 Å². The van der Waals surface area contributed by atoms with Gasteiger partial charge in [-0.2, -0.15) is 11.3 Å². The van der Waals surface area contributed by atoms with Gasteiger partial charge in [-0.1, -0.05) is 60.0 Å². The molecule has 2 unspecified atom stereocenters. The van der Waals surface area contributed by atoms with E-state index in [9.17, 15) is 4.79 Å². The Morgan fingerprint density at radius 1 is 0.972 bits per heavy atom. The van der Waals surface area contributed by atoms with Crippen LogP contribution in [0.25, 0.3) is 0 Å². The minimum atomic E-state index is 0.0495. The summed E-state index contributed by atoms with van der Waals surface area (Å²) >= 11 is 14.0. The number of amides is 1. The van der Waals surface area contributed by atoms with Gasteiger partial charge in [0.2, 0.25) is 0 Å². The first-order valence-electron chi connectivity index (χ1n) is 13.1. The fourth-order valence-electron chi connectivity index (χ4n) is 5.93. The molecule has 0 aliphatic carbocycles. The largest absolute Gasteiger partial charge is 0.338 e. The van der Waals surface area contributed by atoms with Crippen LogP contribution in [0.1, 0.15) is 53.1 Å². The Morgan fingerprint density at radius 2 is 1.78 bits per heavy atom. The normalized spacial score (nSPS) is 21.2. The highest BCUT2D eigenvalue weighted by Gasteiger charge is 2.38. The van der Waals surface area contributed by atoms with Gasteiger partial charge in [-0.05, 0) is 96.8 Å². The summed E-state index contributed by atoms with van der Waals surface area (Å²) in [4.78, 5) is 18.0. The molecule has 1 aromatic heterocycles. The molecule has 0 spiro atoms. The van der Waals surface area contributed by atoms with Gasteiger partial charge in [-0.15, -0.1) is 0 Å². The van der Waals surface area contributed by atoms with E-state index in [0.717, 1.165) is 25.6 Å². The van der Waals surface area contributed by atoms with Crippen LogP contribution < -0.4 is 0 Å². The number of hydrogen-bond donors (Lipinski definition) is 0. The van der Waals surface area contributed by atoms with Crippen molar-refractivity contribution in [1.82, 2.24) is 9.80 Å². The number of carbonyl (C=O) groups excluding carboxylic acids is 1. The molecule has 2 aliphatic heterocycles. The maximum atomic E-state index is 13.3. The van der Waals surface area contributed by atoms with Crippen molar-refractivity contribution in [1.29, 1.82) is 0 Å². The first kappa shape index (κ1) is 25.8. The number of aryl methyl sites for hydroxylation is 1. The van der Waals surface area contributed by atoms with E-state index < -0.39 is 0 Å². The van der Waals surface area contributed by atoms with Crippen LogP contribution in [0.5, 0.6) is 0 Å². The Hall–Kier alpha value is -1.85. The smallest absolute Gasteiger partial charge is 0.253 e. The van der Waals surface area contributed by atoms with Crippen molar-refractivity contribution < 1.29 is 4.79 Å². The SMILES string of the molecule is O=C(c1ccc(Cl)c(Cl)c1)N1CC(CN2CCC(CCCc3ccccc3)CC2)C(c2ccsc2)C1. The van der Waals surface area contributed by atoms with E-state index in [1.165, 1.54) is 56.3 Å². The number of halogens is 2. The highest BCUT2D eigenvalue weighted by Crippen LogP contribution is 2.36. The van der Waals surface area contributed by atoms with Gasteiger partial charge >= 0.3 is 0 Å². The zero-order valence-electron chi connectivity index (χ0n) is 20.6. The molecule has 2 aliphatic rings. The molecule has 3 heterocycles. The number of piperidine rings is 1. The first-order valence-corrected chi connectivity index (χ1v) is 14.8. The van der Waals surface area contributed by atoms with E-state index in [-0.39, 0.29) is 5.91 Å². The Labute approximate surface area is 229 Å². The minimum Gasteiger partial charge on any atom is -0.338 e. The topological polar surface area (TPSA) is 23.6 Å². The van der Waals surface area contributed by atoms with Gasteiger partial charge in [-0.3, -0.25) is 4.79 Å². The van der Waals surface area contributed by atoms with Crippen molar-refractivity contribution in [3.8, 4) is 0 Å². The molecule has 0 radical (unpaired) electrons. The molecule has 2 aromatic carbocycles. The second-order valence-corrected chi connectivity index (χ2v) is 12.0. The highest BCUT2D eigenvalue weighted by atomic mass is 35.5. The molecule has 2 atom stereocenters. The first-order chi connectivity index (χ1) is 17.6. The van der Waals surface area contributed by atoms with E-state index in [2.05, 4.69) is 52.1 Å². The Morgan fingerprint density at radius 3 is 2.50 bits per heavy atom. The van der Waals surface area contributed by atoms with Crippen LogP contribution in [-0.2, 0) is 6.42 Å². The fraction of sp³-hybridized carbons (Fsp3) is 0.433. The Kier molecular flexibility index (Phi) is 8.69. The molecule has 5 rings (SSSR count). The van der Waals surface area contributed by atoms with Gasteiger partial charge in [0, 0.05) is 31.1 Å². The van der Waals surface area contributed by atoms with Gasteiger partial charge in [0.15, 0.2) is 0 Å². The number of rotatable bonds is 8. The van der Waals surface area contributed by atoms with Crippen LogP contribution in [0.2, 0.25) is 10.0 Å². The Balaban J connectivity index is 1.16. The van der Waals surface area contributed by atoms with Crippen molar-refractivity contribution in [3.63, 3.8) is 0 Å². The molecule has 36 heavy (non-hydrogen) atoms.